The van der Waals surface area contributed by atoms with Crippen molar-refractivity contribution in [3.05, 3.63) is 107 Å². The maximum Gasteiger partial charge on any atom is 0.255 e. The van der Waals surface area contributed by atoms with Crippen molar-refractivity contribution in [2.24, 2.45) is 11.8 Å². The van der Waals surface area contributed by atoms with Crippen molar-refractivity contribution >= 4 is 45.0 Å². The quantitative estimate of drug-likeness (QED) is 0.0670. The fraction of sp³-hybridized carbons (Fsp3) is 0.440. The average molecular weight is 903 g/mol. The molecule has 5 N–H and O–H groups in total. The van der Waals surface area contributed by atoms with Crippen LogP contribution in [0.5, 0.6) is 5.75 Å². The Hall–Kier alpha value is -5.61. The lowest BCUT2D eigenvalue weighted by Crippen LogP contribution is -2.52. The van der Waals surface area contributed by atoms with Gasteiger partial charge in [-0.25, -0.2) is 8.42 Å². The van der Waals surface area contributed by atoms with E-state index in [0.29, 0.717) is 67.9 Å². The average Bonchev–Trinajstić information content (AvgIpc) is 3.91. The highest BCUT2D eigenvalue weighted by atomic mass is 32.2. The molecule has 4 amide bonds. The Labute approximate surface area is 380 Å². The van der Waals surface area contributed by atoms with Crippen LogP contribution >= 0.6 is 0 Å². The molecular formula is C50H58N6O8S. The molecule has 4 aromatic rings. The number of anilines is 2. The Morgan fingerprint density at radius 2 is 1.69 bits per heavy atom. The van der Waals surface area contributed by atoms with Gasteiger partial charge in [-0.05, 0) is 129 Å². The normalized spacial score (nSPS) is 24.2. The molecule has 3 fully saturated rings. The molecule has 1 unspecified atom stereocenters. The van der Waals surface area contributed by atoms with E-state index < -0.39 is 28.0 Å². The smallest absolute Gasteiger partial charge is 0.255 e. The minimum Gasteiger partial charge on any atom is -0.492 e. The number of benzene rings is 4. The number of rotatable bonds is 15. The number of aliphatic hydroxyl groups excluding tert-OH is 1. The summed E-state index contributed by atoms with van der Waals surface area (Å²) in [7, 11) is -3.79. The first-order valence-electron chi connectivity index (χ1n) is 23.1. The van der Waals surface area contributed by atoms with Gasteiger partial charge in [0.2, 0.25) is 27.7 Å². The standard InChI is InChI=1S/C50H58N6O8S/c1-31-11-18-37(19-12-31)65(62,63)56-25-23-39-43(30-57)53-42-20-15-34(28-40(42)48(39)56)33-6-3-7-36(27-33)52-46(58)10-2-5-32-13-16-35(17-14-32)51-24-26-64-45-9-4-8-38-41(45)29-55(50(38)61)44-21-22-47(59)54-49(44)60/h3-4,6-9,11-12,15,18-20,27-28,32,35,39,43-44,48,51,53,57H,2,5,10,13-14,16-17,21-26,29-30H2,1H3,(H,52,58)(H,54,59,60)/t32?,35?,39-,43+,44?,48-/m1/s1. The molecule has 9 rings (SSSR count). The minimum atomic E-state index is -3.79. The molecule has 0 bridgehead atoms. The zero-order valence-electron chi connectivity index (χ0n) is 36.8. The van der Waals surface area contributed by atoms with Gasteiger partial charge in [-0.1, -0.05) is 42.0 Å². The number of aryl methyl sites for hydroxylation is 1. The Morgan fingerprint density at radius 3 is 2.48 bits per heavy atom. The van der Waals surface area contributed by atoms with E-state index in [9.17, 15) is 32.7 Å². The summed E-state index contributed by atoms with van der Waals surface area (Å²) in [6.45, 7) is 3.59. The molecule has 0 spiro atoms. The predicted molar refractivity (Wildman–Crippen MR) is 247 cm³/mol. The van der Waals surface area contributed by atoms with Crippen LogP contribution in [-0.4, -0.2) is 90.8 Å². The molecule has 1 saturated carbocycles. The predicted octanol–water partition coefficient (Wildman–Crippen LogP) is 6.30. The van der Waals surface area contributed by atoms with E-state index in [1.807, 2.05) is 61.5 Å². The van der Waals surface area contributed by atoms with E-state index in [-0.39, 0.29) is 54.1 Å². The van der Waals surface area contributed by atoms with Gasteiger partial charge in [-0.15, -0.1) is 0 Å². The maximum absolute atomic E-state index is 14.0. The number of ether oxygens (including phenoxy) is 1. The number of hydrogen-bond acceptors (Lipinski definition) is 10. The number of aliphatic hydroxyl groups is 1. The van der Waals surface area contributed by atoms with Crippen molar-refractivity contribution in [2.45, 2.75) is 107 Å². The first kappa shape index (κ1) is 44.6. The van der Waals surface area contributed by atoms with Crippen LogP contribution in [0, 0.1) is 18.8 Å². The second-order valence-electron chi connectivity index (χ2n) is 18.3. The van der Waals surface area contributed by atoms with E-state index in [1.165, 1.54) is 4.90 Å². The van der Waals surface area contributed by atoms with E-state index in [1.54, 1.807) is 28.6 Å². The van der Waals surface area contributed by atoms with Crippen LogP contribution in [0.25, 0.3) is 11.1 Å². The summed E-state index contributed by atoms with van der Waals surface area (Å²) in [6.07, 6.45) is 7.72. The SMILES string of the molecule is Cc1ccc(S(=O)(=O)N2CC[C@@H]3[C@H](CO)Nc4ccc(-c5cccc(NC(=O)CCCC6CCC(NCCOc7cccc8c7CN(C7CCC(=O)NC7=O)C8=O)CC6)c5)cc4[C@@H]32)cc1. The molecule has 0 aromatic heterocycles. The van der Waals surface area contributed by atoms with Crippen LogP contribution in [0.3, 0.4) is 0 Å². The van der Waals surface area contributed by atoms with Crippen molar-refractivity contribution in [1.29, 1.82) is 0 Å². The Balaban J connectivity index is 0.727. The van der Waals surface area contributed by atoms with Gasteiger partial charge in [-0.3, -0.25) is 24.5 Å². The summed E-state index contributed by atoms with van der Waals surface area (Å²) in [5.41, 5.74) is 6.53. The monoisotopic (exact) mass is 902 g/mol. The molecule has 4 heterocycles. The number of sulfonamides is 1. The van der Waals surface area contributed by atoms with Crippen molar-refractivity contribution < 1.29 is 37.4 Å². The zero-order valence-corrected chi connectivity index (χ0v) is 37.6. The molecule has 65 heavy (non-hydrogen) atoms. The van der Waals surface area contributed by atoms with Crippen LogP contribution in [0.2, 0.25) is 0 Å². The summed E-state index contributed by atoms with van der Waals surface area (Å²) in [5, 5.41) is 22.8. The third-order valence-corrected chi connectivity index (χ3v) is 16.0. The molecule has 14 nitrogen and oxygen atoms in total. The molecule has 2 saturated heterocycles. The van der Waals surface area contributed by atoms with Crippen LogP contribution in [0.4, 0.5) is 11.4 Å². The van der Waals surface area contributed by atoms with Gasteiger partial charge in [0.1, 0.15) is 18.4 Å². The van der Waals surface area contributed by atoms with Gasteiger partial charge in [0.05, 0.1) is 30.1 Å². The fourth-order valence-corrected chi connectivity index (χ4v) is 12.3. The van der Waals surface area contributed by atoms with Crippen LogP contribution in [0.1, 0.15) is 97.3 Å². The van der Waals surface area contributed by atoms with E-state index in [0.717, 1.165) is 72.0 Å². The highest BCUT2D eigenvalue weighted by Gasteiger charge is 2.48. The number of amides is 4. The van der Waals surface area contributed by atoms with Gasteiger partial charge in [-0.2, -0.15) is 4.31 Å². The Morgan fingerprint density at radius 1 is 0.908 bits per heavy atom. The second-order valence-corrected chi connectivity index (χ2v) is 20.2. The highest BCUT2D eigenvalue weighted by Crippen LogP contribution is 2.49. The van der Waals surface area contributed by atoms with Gasteiger partial charge in [0.25, 0.3) is 5.91 Å². The van der Waals surface area contributed by atoms with Crippen molar-refractivity contribution in [1.82, 2.24) is 19.8 Å². The number of nitrogens with one attached hydrogen (secondary N) is 4. The second kappa shape index (κ2) is 19.1. The molecule has 0 radical (unpaired) electrons. The van der Waals surface area contributed by atoms with Crippen molar-refractivity contribution in [2.75, 3.05) is 36.9 Å². The third kappa shape index (κ3) is 9.42. The van der Waals surface area contributed by atoms with E-state index in [2.05, 4.69) is 27.3 Å². The number of hydrogen-bond donors (Lipinski definition) is 5. The number of carbonyl (C=O) groups excluding carboxylic acids is 4. The lowest BCUT2D eigenvalue weighted by atomic mass is 9.82. The summed E-state index contributed by atoms with van der Waals surface area (Å²) in [4.78, 5) is 52.2. The first-order valence-corrected chi connectivity index (χ1v) is 24.5. The van der Waals surface area contributed by atoms with E-state index >= 15 is 0 Å². The number of fused-ring (bicyclic) bond motifs is 4. The van der Waals surface area contributed by atoms with Gasteiger partial charge in [0.15, 0.2) is 0 Å². The van der Waals surface area contributed by atoms with Crippen LogP contribution in [-0.2, 0) is 31.0 Å². The minimum absolute atomic E-state index is 0.0231. The molecule has 1 aliphatic carbocycles. The summed E-state index contributed by atoms with van der Waals surface area (Å²) < 4.78 is 35.8. The third-order valence-electron chi connectivity index (χ3n) is 14.1. The molecular weight excluding hydrogens is 845 g/mol. The molecule has 4 atom stereocenters. The fourth-order valence-electron chi connectivity index (χ4n) is 10.6. The van der Waals surface area contributed by atoms with Gasteiger partial charge < -0.3 is 30.7 Å². The van der Waals surface area contributed by atoms with Gasteiger partial charge in [0, 0.05) is 60.4 Å². The Bertz CT molecular complexity index is 2560. The molecule has 4 aliphatic heterocycles. The summed E-state index contributed by atoms with van der Waals surface area (Å²) in [6, 6.07) is 25.2. The van der Waals surface area contributed by atoms with Crippen molar-refractivity contribution in [3.8, 4) is 16.9 Å². The molecule has 5 aliphatic rings. The first-order chi connectivity index (χ1) is 31.5. The number of carbonyl (C=O) groups is 4. The largest absolute Gasteiger partial charge is 0.492 e. The maximum atomic E-state index is 14.0. The van der Waals surface area contributed by atoms with Gasteiger partial charge >= 0.3 is 0 Å². The highest BCUT2D eigenvalue weighted by molar-refractivity contribution is 7.89. The number of piperidine rings is 1. The van der Waals surface area contributed by atoms with E-state index in [4.69, 9.17) is 4.74 Å². The summed E-state index contributed by atoms with van der Waals surface area (Å²) >= 11 is 0. The number of imide groups is 1. The summed E-state index contributed by atoms with van der Waals surface area (Å²) in [5.74, 6) is 0.151. The lowest BCUT2D eigenvalue weighted by Gasteiger charge is -2.39. The van der Waals surface area contributed by atoms with Crippen LogP contribution < -0.4 is 26.0 Å². The Kier molecular flexibility index (Phi) is 13.1. The molecule has 342 valence electrons. The molecule has 4 aromatic carbocycles. The zero-order chi connectivity index (χ0) is 45.2. The lowest BCUT2D eigenvalue weighted by molar-refractivity contribution is -0.137. The molecule has 15 heteroatoms. The van der Waals surface area contributed by atoms with Crippen molar-refractivity contribution in [3.63, 3.8) is 0 Å². The van der Waals surface area contributed by atoms with Crippen LogP contribution in [0.15, 0.2) is 89.8 Å². The number of nitrogens with zero attached hydrogens (tertiary/aromatic N) is 2. The topological polar surface area (TPSA) is 186 Å².